The maximum Gasteiger partial charge on any atom is 0.264 e. The number of benzene rings is 2. The quantitative estimate of drug-likeness (QED) is 0.714. The fourth-order valence-corrected chi connectivity index (χ4v) is 4.01. The Morgan fingerprint density at radius 3 is 2.61 bits per heavy atom. The smallest absolute Gasteiger partial charge is 0.264 e. The number of aliphatic hydroxyl groups excluding tert-OH is 1. The van der Waals surface area contributed by atoms with E-state index in [2.05, 4.69) is 0 Å². The molecule has 0 radical (unpaired) electrons. The zero-order valence-electron chi connectivity index (χ0n) is 12.2. The number of fused-ring (bicyclic) bond motifs is 1. The second-order valence-electron chi connectivity index (χ2n) is 5.26. The number of sulfonamides is 1. The van der Waals surface area contributed by atoms with Crippen LogP contribution in [0.25, 0.3) is 0 Å². The van der Waals surface area contributed by atoms with Crippen molar-refractivity contribution in [1.82, 2.24) is 0 Å². The molecule has 8 heteroatoms. The van der Waals surface area contributed by atoms with Gasteiger partial charge in [-0.2, -0.15) is 0 Å². The van der Waals surface area contributed by atoms with Crippen molar-refractivity contribution in [3.05, 3.63) is 42.5 Å². The molecule has 0 unspecified atom stereocenters. The number of anilines is 3. The van der Waals surface area contributed by atoms with Gasteiger partial charge in [-0.3, -0.25) is 4.31 Å². The lowest BCUT2D eigenvalue weighted by Gasteiger charge is -2.35. The maximum atomic E-state index is 13.0. The highest BCUT2D eigenvalue weighted by atomic mass is 32.2. The molecule has 2 aromatic rings. The van der Waals surface area contributed by atoms with Gasteiger partial charge in [-0.25, -0.2) is 8.42 Å². The summed E-state index contributed by atoms with van der Waals surface area (Å²) in [6.45, 7) is -0.309. The minimum atomic E-state index is -3.85. The second kappa shape index (κ2) is 5.64. The fourth-order valence-electron chi connectivity index (χ4n) is 2.45. The number of nitrogens with two attached hydrogens (primary N) is 2. The molecule has 0 saturated heterocycles. The summed E-state index contributed by atoms with van der Waals surface area (Å²) < 4.78 is 32.7. The Balaban J connectivity index is 2.13. The molecule has 2 aromatic carbocycles. The molecule has 0 spiro atoms. The van der Waals surface area contributed by atoms with Gasteiger partial charge < -0.3 is 21.3 Å². The van der Waals surface area contributed by atoms with Crippen LogP contribution in [0.5, 0.6) is 5.75 Å². The average molecular weight is 335 g/mol. The van der Waals surface area contributed by atoms with Crippen molar-refractivity contribution in [3.8, 4) is 5.75 Å². The average Bonchev–Trinajstić information content (AvgIpc) is 2.53. The van der Waals surface area contributed by atoms with E-state index in [1.54, 1.807) is 24.3 Å². The van der Waals surface area contributed by atoms with Crippen molar-refractivity contribution in [2.24, 2.45) is 0 Å². The van der Waals surface area contributed by atoms with Crippen LogP contribution in [-0.4, -0.2) is 32.8 Å². The van der Waals surface area contributed by atoms with E-state index in [1.807, 2.05) is 0 Å². The molecule has 7 nitrogen and oxygen atoms in total. The SMILES string of the molecule is Nc1cccc(S(=O)(=O)N2C[C@H](CO)Oc3ccc(N)cc32)c1. The van der Waals surface area contributed by atoms with Crippen LogP contribution in [0.2, 0.25) is 0 Å². The third kappa shape index (κ3) is 2.78. The Labute approximate surface area is 134 Å². The Morgan fingerprint density at radius 2 is 1.91 bits per heavy atom. The van der Waals surface area contributed by atoms with Gasteiger partial charge in [-0.15, -0.1) is 0 Å². The summed E-state index contributed by atoms with van der Waals surface area (Å²) in [4.78, 5) is 0.0736. The molecular weight excluding hydrogens is 318 g/mol. The first-order chi connectivity index (χ1) is 10.9. The third-order valence-corrected chi connectivity index (χ3v) is 5.34. The van der Waals surface area contributed by atoms with Crippen LogP contribution in [0.4, 0.5) is 17.1 Å². The van der Waals surface area contributed by atoms with E-state index in [0.29, 0.717) is 22.8 Å². The molecule has 0 fully saturated rings. The molecule has 122 valence electrons. The lowest BCUT2D eigenvalue weighted by atomic mass is 10.2. The Hall–Kier alpha value is -2.45. The molecule has 1 heterocycles. The number of nitrogen functional groups attached to an aromatic ring is 2. The predicted molar refractivity (Wildman–Crippen MR) is 87.7 cm³/mol. The molecule has 0 bridgehead atoms. The van der Waals surface area contributed by atoms with Gasteiger partial charge in [0, 0.05) is 11.4 Å². The predicted octanol–water partition coefficient (Wildman–Crippen LogP) is 0.800. The molecule has 0 saturated carbocycles. The Bertz CT molecular complexity index is 838. The first-order valence-corrected chi connectivity index (χ1v) is 8.41. The number of hydrogen-bond donors (Lipinski definition) is 3. The molecule has 5 N–H and O–H groups in total. The molecule has 0 amide bonds. The van der Waals surface area contributed by atoms with E-state index >= 15 is 0 Å². The number of ether oxygens (including phenoxy) is 1. The summed E-state index contributed by atoms with van der Waals surface area (Å²) in [5.41, 5.74) is 12.6. The Morgan fingerprint density at radius 1 is 1.17 bits per heavy atom. The van der Waals surface area contributed by atoms with Gasteiger partial charge in [-0.1, -0.05) is 6.07 Å². The second-order valence-corrected chi connectivity index (χ2v) is 7.12. The molecule has 3 rings (SSSR count). The van der Waals surface area contributed by atoms with Crippen molar-refractivity contribution < 1.29 is 18.3 Å². The lowest BCUT2D eigenvalue weighted by Crippen LogP contribution is -2.45. The van der Waals surface area contributed by atoms with Gasteiger partial charge in [0.2, 0.25) is 0 Å². The van der Waals surface area contributed by atoms with Crippen LogP contribution in [0.1, 0.15) is 0 Å². The first kappa shape index (κ1) is 15.4. The zero-order chi connectivity index (χ0) is 16.6. The third-order valence-electron chi connectivity index (χ3n) is 3.56. The standard InChI is InChI=1S/C15H17N3O4S/c16-10-2-1-3-13(6-10)23(20,21)18-8-12(9-19)22-15-5-4-11(17)7-14(15)18/h1-7,12,19H,8-9,16-17H2/t12-/m1/s1. The van der Waals surface area contributed by atoms with Gasteiger partial charge in [-0.05, 0) is 36.4 Å². The number of rotatable bonds is 3. The van der Waals surface area contributed by atoms with Crippen molar-refractivity contribution in [3.63, 3.8) is 0 Å². The summed E-state index contributed by atoms with van der Waals surface area (Å²) in [6, 6.07) is 10.8. The lowest BCUT2D eigenvalue weighted by molar-refractivity contribution is 0.116. The van der Waals surface area contributed by atoms with E-state index in [0.717, 1.165) is 0 Å². The number of nitrogens with zero attached hydrogens (tertiary/aromatic N) is 1. The highest BCUT2D eigenvalue weighted by Gasteiger charge is 2.34. The summed E-state index contributed by atoms with van der Waals surface area (Å²) in [6.07, 6.45) is -0.651. The van der Waals surface area contributed by atoms with Crippen LogP contribution in [0.3, 0.4) is 0 Å². The van der Waals surface area contributed by atoms with Crippen LogP contribution in [0, 0.1) is 0 Å². The van der Waals surface area contributed by atoms with E-state index in [1.165, 1.54) is 22.5 Å². The Kier molecular flexibility index (Phi) is 3.78. The van der Waals surface area contributed by atoms with Gasteiger partial charge >= 0.3 is 0 Å². The largest absolute Gasteiger partial charge is 0.484 e. The van der Waals surface area contributed by atoms with Gasteiger partial charge in [0.05, 0.1) is 23.7 Å². The van der Waals surface area contributed by atoms with Gasteiger partial charge in [0.1, 0.15) is 11.9 Å². The van der Waals surface area contributed by atoms with Crippen LogP contribution in [0.15, 0.2) is 47.4 Å². The van der Waals surface area contributed by atoms with Gasteiger partial charge in [0.25, 0.3) is 10.0 Å². The summed E-state index contributed by atoms with van der Waals surface area (Å²) in [7, 11) is -3.85. The minimum absolute atomic E-state index is 0.00984. The normalized spacial score (nSPS) is 17.4. The fraction of sp³-hybridized carbons (Fsp3) is 0.200. The first-order valence-electron chi connectivity index (χ1n) is 6.97. The zero-order valence-corrected chi connectivity index (χ0v) is 13.0. The topological polar surface area (TPSA) is 119 Å². The molecule has 1 aliphatic rings. The summed E-state index contributed by atoms with van der Waals surface area (Å²) in [5.74, 6) is 0.358. The summed E-state index contributed by atoms with van der Waals surface area (Å²) >= 11 is 0. The van der Waals surface area contributed by atoms with E-state index in [9.17, 15) is 13.5 Å². The van der Waals surface area contributed by atoms with Crippen molar-refractivity contribution >= 4 is 27.1 Å². The maximum absolute atomic E-state index is 13.0. The molecule has 0 aliphatic carbocycles. The summed E-state index contributed by atoms with van der Waals surface area (Å²) in [5, 5.41) is 9.38. The van der Waals surface area contributed by atoms with Crippen LogP contribution < -0.4 is 20.5 Å². The van der Waals surface area contributed by atoms with E-state index in [4.69, 9.17) is 16.2 Å². The monoisotopic (exact) mass is 335 g/mol. The minimum Gasteiger partial charge on any atom is -0.484 e. The van der Waals surface area contributed by atoms with Crippen LogP contribution >= 0.6 is 0 Å². The van der Waals surface area contributed by atoms with E-state index in [-0.39, 0.29) is 18.0 Å². The molecule has 23 heavy (non-hydrogen) atoms. The molecular formula is C15H17N3O4S. The highest BCUT2D eigenvalue weighted by molar-refractivity contribution is 7.92. The molecule has 1 atom stereocenters. The van der Waals surface area contributed by atoms with E-state index < -0.39 is 16.1 Å². The number of hydrogen-bond acceptors (Lipinski definition) is 6. The number of aliphatic hydroxyl groups is 1. The van der Waals surface area contributed by atoms with Crippen molar-refractivity contribution in [1.29, 1.82) is 0 Å². The van der Waals surface area contributed by atoms with Gasteiger partial charge in [0.15, 0.2) is 0 Å². The molecule has 1 aliphatic heterocycles. The van der Waals surface area contributed by atoms with Crippen molar-refractivity contribution in [2.45, 2.75) is 11.0 Å². The highest BCUT2D eigenvalue weighted by Crippen LogP contribution is 2.38. The van der Waals surface area contributed by atoms with Crippen molar-refractivity contribution in [2.75, 3.05) is 28.9 Å². The molecule has 0 aromatic heterocycles. The van der Waals surface area contributed by atoms with Crippen LogP contribution in [-0.2, 0) is 10.0 Å².